The van der Waals surface area contributed by atoms with E-state index < -0.39 is 0 Å². The molecule has 1 fully saturated rings. The zero-order valence-corrected chi connectivity index (χ0v) is 20.9. The summed E-state index contributed by atoms with van der Waals surface area (Å²) >= 11 is 1.57. The molecule has 0 radical (unpaired) electrons. The number of nitrogens with one attached hydrogen (secondary N) is 2. The van der Waals surface area contributed by atoms with Crippen LogP contribution in [0.2, 0.25) is 0 Å². The number of carbonyl (C=O) groups excluding carboxylic acids is 2. The number of thiophene rings is 1. The van der Waals surface area contributed by atoms with Crippen molar-refractivity contribution in [3.63, 3.8) is 0 Å². The number of anilines is 2. The van der Waals surface area contributed by atoms with E-state index in [2.05, 4.69) is 36.3 Å². The van der Waals surface area contributed by atoms with E-state index in [0.717, 1.165) is 50.8 Å². The summed E-state index contributed by atoms with van der Waals surface area (Å²) in [4.78, 5) is 29.8. The number of fused-ring (bicyclic) bond motifs is 1. The maximum absolute atomic E-state index is 13.5. The minimum absolute atomic E-state index is 0.0470. The van der Waals surface area contributed by atoms with Crippen molar-refractivity contribution in [1.82, 2.24) is 4.90 Å². The van der Waals surface area contributed by atoms with Gasteiger partial charge in [0.2, 0.25) is 5.91 Å². The molecule has 6 nitrogen and oxygen atoms in total. The van der Waals surface area contributed by atoms with Gasteiger partial charge in [0.1, 0.15) is 10.8 Å². The molecule has 2 aliphatic rings. The summed E-state index contributed by atoms with van der Waals surface area (Å²) < 4.78 is 5.41. The number of hydrogen-bond donors (Lipinski definition) is 2. The van der Waals surface area contributed by atoms with Crippen LogP contribution >= 0.6 is 11.3 Å². The lowest BCUT2D eigenvalue weighted by Crippen LogP contribution is -2.31. The molecule has 1 atom stereocenters. The second-order valence-electron chi connectivity index (χ2n) is 10.2. The van der Waals surface area contributed by atoms with Crippen LogP contribution in [0.15, 0.2) is 24.3 Å². The fourth-order valence-corrected chi connectivity index (χ4v) is 6.24. The molecule has 7 heteroatoms. The van der Waals surface area contributed by atoms with E-state index in [9.17, 15) is 9.59 Å². The highest BCUT2D eigenvalue weighted by Crippen LogP contribution is 2.44. The number of nitrogens with zero attached hydrogens (tertiary/aromatic N) is 1. The minimum Gasteiger partial charge on any atom is -0.495 e. The summed E-state index contributed by atoms with van der Waals surface area (Å²) in [5.41, 5.74) is 2.54. The van der Waals surface area contributed by atoms with Gasteiger partial charge in [0.15, 0.2) is 0 Å². The smallest absolute Gasteiger partial charge is 0.259 e. The molecule has 1 aliphatic carbocycles. The second kappa shape index (κ2) is 9.85. The number of hydrogen-bond acceptors (Lipinski definition) is 5. The molecule has 1 unspecified atom stereocenters. The molecular formula is C26H35N3O3S. The highest BCUT2D eigenvalue weighted by atomic mass is 32.1. The van der Waals surface area contributed by atoms with Crippen molar-refractivity contribution >= 4 is 33.8 Å². The van der Waals surface area contributed by atoms with Crippen LogP contribution in [0.25, 0.3) is 0 Å². The van der Waals surface area contributed by atoms with E-state index in [1.54, 1.807) is 18.4 Å². The Hall–Kier alpha value is -2.38. The van der Waals surface area contributed by atoms with Crippen LogP contribution in [-0.2, 0) is 17.6 Å². The molecule has 2 amide bonds. The van der Waals surface area contributed by atoms with Crippen molar-refractivity contribution < 1.29 is 14.3 Å². The third kappa shape index (κ3) is 5.41. The number of methoxy groups -OCH3 is 1. The summed E-state index contributed by atoms with van der Waals surface area (Å²) in [7, 11) is 1.59. The van der Waals surface area contributed by atoms with Crippen molar-refractivity contribution in [3.05, 3.63) is 40.3 Å². The summed E-state index contributed by atoms with van der Waals surface area (Å²) in [5.74, 6) is 0.932. The monoisotopic (exact) mass is 469 g/mol. The quantitative estimate of drug-likeness (QED) is 0.610. The molecule has 1 aromatic heterocycles. The van der Waals surface area contributed by atoms with E-state index in [0.29, 0.717) is 34.5 Å². The van der Waals surface area contributed by atoms with Gasteiger partial charge in [-0.1, -0.05) is 32.9 Å². The van der Waals surface area contributed by atoms with Crippen molar-refractivity contribution in [1.29, 1.82) is 0 Å². The molecule has 0 bridgehead atoms. The molecule has 2 N–H and O–H groups in total. The average Bonchev–Trinajstić information content (AvgIpc) is 3.40. The van der Waals surface area contributed by atoms with E-state index >= 15 is 0 Å². The van der Waals surface area contributed by atoms with Crippen LogP contribution < -0.4 is 15.4 Å². The minimum atomic E-state index is -0.192. The van der Waals surface area contributed by atoms with Crippen molar-refractivity contribution in [3.8, 4) is 5.75 Å². The Morgan fingerprint density at radius 3 is 2.58 bits per heavy atom. The summed E-state index contributed by atoms with van der Waals surface area (Å²) in [6.45, 7) is 9.14. The van der Waals surface area contributed by atoms with Crippen LogP contribution in [0.5, 0.6) is 5.75 Å². The molecule has 33 heavy (non-hydrogen) atoms. The Labute approximate surface area is 200 Å². The van der Waals surface area contributed by atoms with E-state index in [4.69, 9.17) is 4.74 Å². The summed E-state index contributed by atoms with van der Waals surface area (Å²) in [6.07, 6.45) is 5.12. The standard InChI is InChI=1S/C26H35N3O3S/c1-26(2,3)17-11-12-18-21(15-17)33-25(28-22(30)16-29-13-7-8-14-29)23(18)24(31)27-19-9-5-6-10-20(19)32-4/h5-6,9-10,17H,7-8,11-16H2,1-4H3,(H,27,31)(H,28,30). The first-order valence-corrected chi connectivity index (χ1v) is 12.7. The first-order valence-electron chi connectivity index (χ1n) is 11.9. The topological polar surface area (TPSA) is 70.7 Å². The van der Waals surface area contributed by atoms with E-state index in [1.165, 1.54) is 4.88 Å². The lowest BCUT2D eigenvalue weighted by molar-refractivity contribution is -0.117. The molecule has 2 heterocycles. The number of amides is 2. The van der Waals surface area contributed by atoms with Crippen molar-refractivity contribution in [2.24, 2.45) is 11.3 Å². The SMILES string of the molecule is COc1ccccc1NC(=O)c1c(NC(=O)CN2CCCC2)sc2c1CCC(C(C)(C)C)C2. The molecule has 0 spiro atoms. The third-order valence-corrected chi connectivity index (χ3v) is 8.06. The van der Waals surface area contributed by atoms with Gasteiger partial charge in [-0.05, 0) is 74.2 Å². The number of likely N-dealkylation sites (tertiary alicyclic amines) is 1. The van der Waals surface area contributed by atoms with Crippen LogP contribution in [0.3, 0.4) is 0 Å². The number of carbonyl (C=O) groups is 2. The molecule has 1 saturated heterocycles. The van der Waals surface area contributed by atoms with Gasteiger partial charge in [0, 0.05) is 4.88 Å². The van der Waals surface area contributed by atoms with Crippen LogP contribution in [0, 0.1) is 11.3 Å². The Kier molecular flexibility index (Phi) is 7.10. The third-order valence-electron chi connectivity index (χ3n) is 6.89. The van der Waals surface area contributed by atoms with Gasteiger partial charge < -0.3 is 15.4 Å². The van der Waals surface area contributed by atoms with Gasteiger partial charge in [-0.3, -0.25) is 14.5 Å². The molecule has 2 aromatic rings. The van der Waals surface area contributed by atoms with Gasteiger partial charge >= 0.3 is 0 Å². The lowest BCUT2D eigenvalue weighted by Gasteiger charge is -2.33. The van der Waals surface area contributed by atoms with Gasteiger partial charge in [-0.15, -0.1) is 11.3 Å². The predicted octanol–water partition coefficient (Wildman–Crippen LogP) is 5.19. The molecular weight excluding hydrogens is 434 g/mol. The van der Waals surface area contributed by atoms with E-state index in [-0.39, 0.29) is 17.2 Å². The zero-order chi connectivity index (χ0) is 23.6. The van der Waals surface area contributed by atoms with Crippen LogP contribution in [-0.4, -0.2) is 43.5 Å². The second-order valence-corrected chi connectivity index (χ2v) is 11.3. The zero-order valence-electron chi connectivity index (χ0n) is 20.1. The van der Waals surface area contributed by atoms with Gasteiger partial charge in [-0.2, -0.15) is 0 Å². The fraction of sp³-hybridized carbons (Fsp3) is 0.538. The Bertz CT molecular complexity index is 1020. The Balaban J connectivity index is 1.62. The number of rotatable bonds is 6. The van der Waals surface area contributed by atoms with Crippen molar-refractivity contribution in [2.75, 3.05) is 37.4 Å². The van der Waals surface area contributed by atoms with Gasteiger partial charge in [-0.25, -0.2) is 0 Å². The van der Waals surface area contributed by atoms with Crippen LogP contribution in [0.4, 0.5) is 10.7 Å². The van der Waals surface area contributed by atoms with Gasteiger partial charge in [0.25, 0.3) is 5.91 Å². The molecule has 1 aromatic carbocycles. The molecule has 4 rings (SSSR count). The Morgan fingerprint density at radius 1 is 1.15 bits per heavy atom. The molecule has 0 saturated carbocycles. The molecule has 178 valence electrons. The maximum Gasteiger partial charge on any atom is 0.259 e. The fourth-order valence-electron chi connectivity index (χ4n) is 4.90. The normalized spacial score (nSPS) is 18.6. The van der Waals surface area contributed by atoms with Crippen molar-refractivity contribution in [2.45, 2.75) is 52.9 Å². The number of para-hydroxylation sites is 2. The number of ether oxygens (including phenoxy) is 1. The predicted molar refractivity (Wildman–Crippen MR) is 135 cm³/mol. The lowest BCUT2D eigenvalue weighted by atomic mass is 9.72. The average molecular weight is 470 g/mol. The first-order chi connectivity index (χ1) is 15.8. The van der Waals surface area contributed by atoms with Gasteiger partial charge in [0.05, 0.1) is 24.9 Å². The highest BCUT2D eigenvalue weighted by molar-refractivity contribution is 7.17. The Morgan fingerprint density at radius 2 is 1.88 bits per heavy atom. The molecule has 1 aliphatic heterocycles. The van der Waals surface area contributed by atoms with E-state index in [1.807, 2.05) is 24.3 Å². The highest BCUT2D eigenvalue weighted by Gasteiger charge is 2.34. The first kappa shape index (κ1) is 23.8. The summed E-state index contributed by atoms with van der Waals surface area (Å²) in [5, 5.41) is 6.78. The van der Waals surface area contributed by atoms with Crippen LogP contribution in [0.1, 0.15) is 60.8 Å². The summed E-state index contributed by atoms with van der Waals surface area (Å²) in [6, 6.07) is 7.40. The number of benzene rings is 1. The largest absolute Gasteiger partial charge is 0.495 e. The maximum atomic E-state index is 13.5.